The van der Waals surface area contributed by atoms with Crippen LogP contribution in [0.4, 0.5) is 0 Å². The van der Waals surface area contributed by atoms with E-state index in [1.165, 1.54) is 108 Å². The molecule has 0 bridgehead atoms. The minimum absolute atomic E-state index is 0.116. The summed E-state index contributed by atoms with van der Waals surface area (Å²) in [6.45, 7) is 18.8. The minimum atomic E-state index is 0.116. The van der Waals surface area contributed by atoms with E-state index in [0.717, 1.165) is 8.39 Å². The fraction of sp³-hybridized carbons (Fsp3) is 0.500. The largest absolute Gasteiger partial charge is 0.139 e. The van der Waals surface area contributed by atoms with E-state index in [1.807, 2.05) is 34.4 Å². The van der Waals surface area contributed by atoms with Crippen LogP contribution >= 0.6 is 70.6 Å². The highest BCUT2D eigenvalue weighted by Crippen LogP contribution is 2.48. The van der Waals surface area contributed by atoms with E-state index in [4.69, 9.17) is 24.4 Å². The van der Waals surface area contributed by atoms with Crippen LogP contribution in [0.15, 0.2) is 24.3 Å². The first-order valence-electron chi connectivity index (χ1n) is 15.5. The molecule has 224 valence electrons. The summed E-state index contributed by atoms with van der Waals surface area (Å²) >= 11 is 19.5. The van der Waals surface area contributed by atoms with Gasteiger partial charge in [0.15, 0.2) is 0 Å². The van der Waals surface area contributed by atoms with Gasteiger partial charge in [-0.3, -0.25) is 0 Å². The second-order valence-electron chi connectivity index (χ2n) is 13.0. The predicted molar refractivity (Wildman–Crippen MR) is 202 cm³/mol. The van der Waals surface area contributed by atoms with Crippen LogP contribution in [0.1, 0.15) is 125 Å². The Hall–Kier alpha value is -0.760. The lowest BCUT2D eigenvalue weighted by Crippen LogP contribution is -2.23. The molecule has 2 aliphatic rings. The fourth-order valence-corrected chi connectivity index (χ4v) is 12.2. The third-order valence-corrected chi connectivity index (χ3v) is 15.7. The quantitative estimate of drug-likeness (QED) is 0.139. The van der Waals surface area contributed by atoms with Crippen LogP contribution < -0.4 is 10.4 Å². The van der Waals surface area contributed by atoms with Crippen LogP contribution in [-0.2, 0) is 5.41 Å². The average molecular weight is 669 g/mol. The number of hydrogen-bond acceptors (Lipinski definition) is 6. The molecule has 0 N–H and O–H groups in total. The summed E-state index contributed by atoms with van der Waals surface area (Å²) < 4.78 is 2.01. The van der Waals surface area contributed by atoms with Gasteiger partial charge in [0, 0.05) is 45.9 Å². The lowest BCUT2D eigenvalue weighted by molar-refractivity contribution is 0.409. The number of aryl methyl sites for hydroxylation is 2. The van der Waals surface area contributed by atoms with Crippen LogP contribution in [0.2, 0.25) is 0 Å². The topological polar surface area (TPSA) is 0 Å². The van der Waals surface area contributed by atoms with Gasteiger partial charge in [0.1, 0.15) is 0 Å². The highest BCUT2D eigenvalue weighted by Gasteiger charge is 2.33. The summed E-state index contributed by atoms with van der Waals surface area (Å²) in [6, 6.07) is 9.56. The third kappa shape index (κ3) is 6.07. The van der Waals surface area contributed by atoms with Gasteiger partial charge < -0.3 is 0 Å². The Balaban J connectivity index is 1.57. The first-order valence-corrected chi connectivity index (χ1v) is 19.6. The molecular formula is C36H44S6. The normalized spacial score (nSPS) is 16.4. The minimum Gasteiger partial charge on any atom is -0.139 e. The Morgan fingerprint density at radius 3 is 2.02 bits per heavy atom. The zero-order chi connectivity index (χ0) is 30.4. The lowest BCUT2D eigenvalue weighted by atomic mass is 9.79. The molecule has 5 rings (SSSR count). The molecule has 4 heterocycles. The van der Waals surface area contributed by atoms with Crippen molar-refractivity contribution in [2.24, 2.45) is 5.41 Å². The summed E-state index contributed by atoms with van der Waals surface area (Å²) in [7, 11) is 0. The van der Waals surface area contributed by atoms with Gasteiger partial charge in [-0.25, -0.2) is 0 Å². The Morgan fingerprint density at radius 2 is 1.33 bits per heavy atom. The standard InChI is InChI=1S/C36H44S6/c1-9-12-14-15-35(6,7)32-24-20-25-23(19-26(24)34(38)42-32)30(41-33(25)37)28-17-21(4)29(39-28)27-18-22(5)31(40-27)36(8,11-3)16-13-10-2/h17-20H,9-16H2,1-8H3. The molecule has 0 aliphatic carbocycles. The summed E-state index contributed by atoms with van der Waals surface area (Å²) in [6.07, 6.45) is 9.97. The van der Waals surface area contributed by atoms with Crippen LogP contribution in [0.3, 0.4) is 0 Å². The maximum Gasteiger partial charge on any atom is 0.0833 e. The fourth-order valence-electron chi connectivity index (χ4n) is 6.38. The van der Waals surface area contributed by atoms with E-state index in [2.05, 4.69) is 79.7 Å². The molecule has 1 unspecified atom stereocenters. The van der Waals surface area contributed by atoms with E-state index in [9.17, 15) is 0 Å². The van der Waals surface area contributed by atoms with Gasteiger partial charge >= 0.3 is 0 Å². The summed E-state index contributed by atoms with van der Waals surface area (Å²) in [4.78, 5) is 8.45. The molecule has 6 heteroatoms. The Morgan fingerprint density at radius 1 is 0.690 bits per heavy atom. The van der Waals surface area contributed by atoms with Crippen LogP contribution in [0.5, 0.6) is 0 Å². The second kappa shape index (κ2) is 12.9. The van der Waals surface area contributed by atoms with Crippen molar-refractivity contribution in [2.75, 3.05) is 0 Å². The molecule has 2 aromatic heterocycles. The number of benzene rings is 1. The van der Waals surface area contributed by atoms with Gasteiger partial charge in [0.05, 0.1) is 8.39 Å². The van der Waals surface area contributed by atoms with Gasteiger partial charge in [-0.05, 0) is 84.4 Å². The van der Waals surface area contributed by atoms with E-state index < -0.39 is 0 Å². The number of thiophene rings is 2. The first kappa shape index (κ1) is 32.6. The number of fused-ring (bicyclic) bond motifs is 2. The van der Waals surface area contributed by atoms with Crippen molar-refractivity contribution in [3.63, 3.8) is 0 Å². The Bertz CT molecular complexity index is 1660. The highest BCUT2D eigenvalue weighted by molar-refractivity contribution is 8.30. The molecule has 0 amide bonds. The number of unbranched alkanes of at least 4 members (excludes halogenated alkanes) is 3. The Kier molecular flexibility index (Phi) is 10.0. The van der Waals surface area contributed by atoms with Gasteiger partial charge in [0.25, 0.3) is 0 Å². The maximum atomic E-state index is 6.01. The van der Waals surface area contributed by atoms with Crippen molar-refractivity contribution in [1.82, 2.24) is 0 Å². The van der Waals surface area contributed by atoms with Gasteiger partial charge in [-0.15, -0.1) is 22.7 Å². The van der Waals surface area contributed by atoms with Crippen molar-refractivity contribution in [1.29, 1.82) is 0 Å². The zero-order valence-corrected chi connectivity index (χ0v) is 31.3. The summed E-state index contributed by atoms with van der Waals surface area (Å²) in [5.41, 5.74) is 5.63. The zero-order valence-electron chi connectivity index (χ0n) is 26.4. The SMILES string of the molecule is CCCCCC(C)(C)C1=c2cc3c(cc2C(=S)S1)=C(c1cc(C)c(-c2cc(C)c(C(C)(CC)CCCC)s2)s1)SC3=S. The van der Waals surface area contributed by atoms with E-state index in [0.29, 0.717) is 0 Å². The molecule has 0 saturated carbocycles. The van der Waals surface area contributed by atoms with Crippen LogP contribution in [0, 0.1) is 19.3 Å². The molecule has 1 atom stereocenters. The molecule has 0 radical (unpaired) electrons. The summed E-state index contributed by atoms with van der Waals surface area (Å²) in [5, 5.41) is 2.59. The molecule has 0 spiro atoms. The summed E-state index contributed by atoms with van der Waals surface area (Å²) in [5.74, 6) is 0. The van der Waals surface area contributed by atoms with Crippen molar-refractivity contribution in [3.8, 4) is 9.75 Å². The number of rotatable bonds is 12. The number of hydrogen-bond donors (Lipinski definition) is 0. The molecule has 0 saturated heterocycles. The van der Waals surface area contributed by atoms with Crippen molar-refractivity contribution in [3.05, 3.63) is 66.7 Å². The molecule has 0 fully saturated rings. The molecule has 3 aromatic rings. The monoisotopic (exact) mass is 668 g/mol. The third-order valence-electron chi connectivity index (χ3n) is 9.19. The second-order valence-corrected chi connectivity index (χ2v) is 18.5. The van der Waals surface area contributed by atoms with E-state index in [-0.39, 0.29) is 10.8 Å². The molecular weight excluding hydrogens is 625 g/mol. The van der Waals surface area contributed by atoms with Crippen molar-refractivity contribution < 1.29 is 0 Å². The van der Waals surface area contributed by atoms with E-state index in [1.54, 1.807) is 16.6 Å². The maximum absolute atomic E-state index is 6.01. The Labute approximate surface area is 280 Å². The van der Waals surface area contributed by atoms with Gasteiger partial charge in [-0.1, -0.05) is 122 Å². The van der Waals surface area contributed by atoms with Crippen molar-refractivity contribution >= 4 is 88.8 Å². The molecule has 1 aromatic carbocycles. The number of thioether (sulfide) groups is 2. The highest BCUT2D eigenvalue weighted by atomic mass is 32.2. The molecule has 0 nitrogen and oxygen atoms in total. The van der Waals surface area contributed by atoms with Crippen molar-refractivity contribution in [2.45, 2.75) is 112 Å². The van der Waals surface area contributed by atoms with Crippen LogP contribution in [-0.4, -0.2) is 8.39 Å². The molecule has 2 aliphatic heterocycles. The first-order chi connectivity index (χ1) is 19.9. The predicted octanol–water partition coefficient (Wildman–Crippen LogP) is 11.7. The number of thiocarbonyl (C=S) groups is 2. The molecule has 42 heavy (non-hydrogen) atoms. The van der Waals surface area contributed by atoms with E-state index >= 15 is 0 Å². The average Bonchev–Trinajstić information content (AvgIpc) is 3.70. The van der Waals surface area contributed by atoms with Gasteiger partial charge in [0.2, 0.25) is 0 Å². The lowest BCUT2D eigenvalue weighted by Gasteiger charge is -2.28. The van der Waals surface area contributed by atoms with Gasteiger partial charge in [-0.2, -0.15) is 0 Å². The van der Waals surface area contributed by atoms with Crippen LogP contribution in [0.25, 0.3) is 19.6 Å². The smallest absolute Gasteiger partial charge is 0.0833 e.